The second-order valence-corrected chi connectivity index (χ2v) is 4.74. The van der Waals surface area contributed by atoms with Crippen LogP contribution in [0, 0.1) is 0 Å². The maximum atomic E-state index is 10.6. The van der Waals surface area contributed by atoms with Gasteiger partial charge in [0.15, 0.2) is 0 Å². The van der Waals surface area contributed by atoms with Gasteiger partial charge in [-0.05, 0) is 12.0 Å². The van der Waals surface area contributed by atoms with Gasteiger partial charge in [-0.2, -0.15) is 0 Å². The Bertz CT molecular complexity index is 596. The van der Waals surface area contributed by atoms with E-state index in [0.29, 0.717) is 5.75 Å². The second kappa shape index (κ2) is 6.76. The Morgan fingerprint density at radius 2 is 1.85 bits per heavy atom. The molecule has 0 aliphatic rings. The van der Waals surface area contributed by atoms with Crippen LogP contribution in [0.15, 0.2) is 73.3 Å². The summed E-state index contributed by atoms with van der Waals surface area (Å²) < 4.78 is 0. The molecule has 1 heteroatoms. The molecule has 0 heterocycles. The highest BCUT2D eigenvalue weighted by atomic mass is 16.3. The zero-order valence-electron chi connectivity index (χ0n) is 11.8. The first-order chi connectivity index (χ1) is 9.77. The van der Waals surface area contributed by atoms with Crippen LogP contribution in [0.3, 0.4) is 0 Å². The third kappa shape index (κ3) is 3.00. The summed E-state index contributed by atoms with van der Waals surface area (Å²) in [4.78, 5) is 0. The van der Waals surface area contributed by atoms with E-state index in [1.165, 1.54) is 0 Å². The number of phenols is 1. The lowest BCUT2D eigenvalue weighted by Gasteiger charge is -2.15. The summed E-state index contributed by atoms with van der Waals surface area (Å²) >= 11 is 0. The quantitative estimate of drug-likeness (QED) is 0.727. The molecular formula is C19H20O. The van der Waals surface area contributed by atoms with Crippen LogP contribution in [0.4, 0.5) is 0 Å². The summed E-state index contributed by atoms with van der Waals surface area (Å²) in [6.45, 7) is 5.82. The lowest BCUT2D eigenvalue weighted by Crippen LogP contribution is -1.95. The summed E-state index contributed by atoms with van der Waals surface area (Å²) in [7, 11) is 0. The first-order valence-electron chi connectivity index (χ1n) is 6.94. The van der Waals surface area contributed by atoms with Crippen molar-refractivity contribution >= 4 is 0 Å². The van der Waals surface area contributed by atoms with Crippen molar-refractivity contribution in [2.24, 2.45) is 0 Å². The topological polar surface area (TPSA) is 20.2 Å². The highest BCUT2D eigenvalue weighted by molar-refractivity contribution is 5.72. The van der Waals surface area contributed by atoms with E-state index in [4.69, 9.17) is 0 Å². The summed E-state index contributed by atoms with van der Waals surface area (Å²) in [5.74, 6) is 0.580. The molecule has 2 rings (SSSR count). The van der Waals surface area contributed by atoms with Crippen LogP contribution in [-0.4, -0.2) is 5.11 Å². The molecule has 1 unspecified atom stereocenters. The van der Waals surface area contributed by atoms with Crippen LogP contribution >= 0.6 is 0 Å². The number of aromatic hydroxyl groups is 1. The van der Waals surface area contributed by atoms with E-state index in [2.05, 4.69) is 19.6 Å². The SMILES string of the molecule is C=C/C=C\C(CC)c1cccc(-c2ccccc2)c1O. The molecule has 0 aliphatic carbocycles. The lowest BCUT2D eigenvalue weighted by molar-refractivity contribution is 0.466. The Morgan fingerprint density at radius 3 is 2.50 bits per heavy atom. The molecule has 0 aliphatic heterocycles. The van der Waals surface area contributed by atoms with Gasteiger partial charge >= 0.3 is 0 Å². The minimum atomic E-state index is 0.205. The van der Waals surface area contributed by atoms with E-state index < -0.39 is 0 Å². The molecule has 20 heavy (non-hydrogen) atoms. The molecule has 1 nitrogen and oxygen atoms in total. The number of rotatable bonds is 5. The fourth-order valence-electron chi connectivity index (χ4n) is 2.38. The number of hydrogen-bond donors (Lipinski definition) is 1. The van der Waals surface area contributed by atoms with Crippen molar-refractivity contribution in [2.45, 2.75) is 19.3 Å². The van der Waals surface area contributed by atoms with Crippen molar-refractivity contribution < 1.29 is 5.11 Å². The van der Waals surface area contributed by atoms with Gasteiger partial charge in [-0.1, -0.05) is 80.3 Å². The molecule has 102 valence electrons. The van der Waals surface area contributed by atoms with Gasteiger partial charge in [0.25, 0.3) is 0 Å². The van der Waals surface area contributed by atoms with Gasteiger partial charge in [0.2, 0.25) is 0 Å². The van der Waals surface area contributed by atoms with Gasteiger partial charge in [-0.15, -0.1) is 0 Å². The lowest BCUT2D eigenvalue weighted by atomic mass is 9.91. The van der Waals surface area contributed by atoms with Gasteiger partial charge in [0, 0.05) is 17.0 Å². The average Bonchev–Trinajstić information content (AvgIpc) is 2.50. The van der Waals surface area contributed by atoms with Crippen molar-refractivity contribution in [1.29, 1.82) is 0 Å². The van der Waals surface area contributed by atoms with Crippen LogP contribution in [0.25, 0.3) is 11.1 Å². The molecule has 0 amide bonds. The standard InChI is InChI=1S/C19H20O/c1-3-5-10-15(4-2)17-13-9-14-18(19(17)20)16-11-7-6-8-12-16/h3,5-15,20H,1,4H2,2H3/b10-5-. The molecular weight excluding hydrogens is 244 g/mol. The van der Waals surface area contributed by atoms with Gasteiger partial charge in [-0.25, -0.2) is 0 Å². The predicted molar refractivity (Wildman–Crippen MR) is 85.9 cm³/mol. The van der Waals surface area contributed by atoms with E-state index in [9.17, 15) is 5.11 Å². The number of benzene rings is 2. The number of para-hydroxylation sites is 1. The van der Waals surface area contributed by atoms with E-state index >= 15 is 0 Å². The molecule has 0 spiro atoms. The van der Waals surface area contributed by atoms with Crippen molar-refractivity contribution in [3.05, 3.63) is 78.9 Å². The van der Waals surface area contributed by atoms with E-state index in [-0.39, 0.29) is 5.92 Å². The van der Waals surface area contributed by atoms with Crippen molar-refractivity contribution in [2.75, 3.05) is 0 Å². The molecule has 2 aromatic carbocycles. The van der Waals surface area contributed by atoms with Gasteiger partial charge in [-0.3, -0.25) is 0 Å². The Morgan fingerprint density at radius 1 is 1.10 bits per heavy atom. The molecule has 0 radical (unpaired) electrons. The Balaban J connectivity index is 2.46. The minimum absolute atomic E-state index is 0.205. The first-order valence-corrected chi connectivity index (χ1v) is 6.94. The summed E-state index contributed by atoms with van der Waals surface area (Å²) in [6.07, 6.45) is 6.72. The largest absolute Gasteiger partial charge is 0.507 e. The zero-order chi connectivity index (χ0) is 14.4. The maximum absolute atomic E-state index is 10.6. The van der Waals surface area contributed by atoms with Crippen molar-refractivity contribution in [1.82, 2.24) is 0 Å². The van der Waals surface area contributed by atoms with Crippen LogP contribution in [0.1, 0.15) is 24.8 Å². The van der Waals surface area contributed by atoms with Crippen LogP contribution in [0.2, 0.25) is 0 Å². The predicted octanol–water partition coefficient (Wildman–Crippen LogP) is 5.30. The number of phenolic OH excluding ortho intramolecular Hbond substituents is 1. The summed E-state index contributed by atoms with van der Waals surface area (Å²) in [5.41, 5.74) is 2.88. The summed E-state index contributed by atoms with van der Waals surface area (Å²) in [6, 6.07) is 15.9. The maximum Gasteiger partial charge on any atom is 0.127 e. The fourth-order valence-corrected chi connectivity index (χ4v) is 2.38. The van der Waals surface area contributed by atoms with Crippen molar-refractivity contribution in [3.8, 4) is 16.9 Å². The van der Waals surface area contributed by atoms with Crippen LogP contribution in [-0.2, 0) is 0 Å². The van der Waals surface area contributed by atoms with Crippen LogP contribution < -0.4 is 0 Å². The number of allylic oxidation sites excluding steroid dienone is 3. The first kappa shape index (κ1) is 14.1. The molecule has 0 saturated heterocycles. The molecule has 2 aromatic rings. The Labute approximate surface area is 120 Å². The van der Waals surface area contributed by atoms with E-state index in [1.807, 2.05) is 54.6 Å². The third-order valence-electron chi connectivity index (χ3n) is 3.47. The molecule has 0 aromatic heterocycles. The average molecular weight is 264 g/mol. The molecule has 0 saturated carbocycles. The van der Waals surface area contributed by atoms with Gasteiger partial charge in [0.05, 0.1) is 0 Å². The smallest absolute Gasteiger partial charge is 0.127 e. The second-order valence-electron chi connectivity index (χ2n) is 4.74. The van der Waals surface area contributed by atoms with Crippen LogP contribution in [0.5, 0.6) is 5.75 Å². The molecule has 0 bridgehead atoms. The number of hydrogen-bond acceptors (Lipinski definition) is 1. The van der Waals surface area contributed by atoms with Crippen molar-refractivity contribution in [3.63, 3.8) is 0 Å². The molecule has 1 N–H and O–H groups in total. The van der Waals surface area contributed by atoms with Gasteiger partial charge < -0.3 is 5.11 Å². The minimum Gasteiger partial charge on any atom is -0.507 e. The molecule has 0 fully saturated rings. The normalized spacial score (nSPS) is 12.4. The fraction of sp³-hybridized carbons (Fsp3) is 0.158. The van der Waals surface area contributed by atoms with Gasteiger partial charge in [0.1, 0.15) is 5.75 Å². The highest BCUT2D eigenvalue weighted by Crippen LogP contribution is 2.37. The third-order valence-corrected chi connectivity index (χ3v) is 3.47. The monoisotopic (exact) mass is 264 g/mol. The highest BCUT2D eigenvalue weighted by Gasteiger charge is 2.14. The summed E-state index contributed by atoms with van der Waals surface area (Å²) in [5, 5.41) is 10.6. The molecule has 1 atom stereocenters. The Kier molecular flexibility index (Phi) is 4.78. The zero-order valence-corrected chi connectivity index (χ0v) is 11.8. The van der Waals surface area contributed by atoms with E-state index in [0.717, 1.165) is 23.1 Å². The Hall–Kier alpha value is -2.28. The van der Waals surface area contributed by atoms with E-state index in [1.54, 1.807) is 6.08 Å².